The van der Waals surface area contributed by atoms with E-state index in [1.165, 1.54) is 4.90 Å². The Hall–Kier alpha value is -2.77. The Bertz CT molecular complexity index is 721. The van der Waals surface area contributed by atoms with Crippen molar-refractivity contribution in [3.8, 4) is 11.5 Å². The Morgan fingerprint density at radius 2 is 2.00 bits per heavy atom. The van der Waals surface area contributed by atoms with Crippen molar-refractivity contribution in [3.05, 3.63) is 24.3 Å². The maximum Gasteiger partial charge on any atom is 0.325 e. The Morgan fingerprint density at radius 3 is 2.65 bits per heavy atom. The van der Waals surface area contributed by atoms with Crippen LogP contribution in [0.2, 0.25) is 0 Å². The number of hydrogen-bond acceptors (Lipinski definition) is 5. The summed E-state index contributed by atoms with van der Waals surface area (Å²) in [5.74, 6) is 0.589. The highest BCUT2D eigenvalue weighted by molar-refractivity contribution is 6.06. The van der Waals surface area contributed by atoms with E-state index in [0.29, 0.717) is 24.7 Å². The fraction of sp³-hybridized carbons (Fsp3) is 0.500. The number of carbonyl (C=O) groups is 3. The first kappa shape index (κ1) is 18.0. The zero-order valence-electron chi connectivity index (χ0n) is 15.1. The lowest BCUT2D eigenvalue weighted by atomic mass is 10.1. The molecule has 1 aromatic rings. The number of rotatable bonds is 5. The van der Waals surface area contributed by atoms with Crippen LogP contribution in [0.15, 0.2) is 24.3 Å². The van der Waals surface area contributed by atoms with E-state index in [1.807, 2.05) is 38.1 Å². The number of carbonyl (C=O) groups excluding carboxylic acids is 3. The largest absolute Gasteiger partial charge is 0.486 e. The standard InChI is InChI=1S/C18H23N3O5/c1-11(2)16-17(23)21(18(24)19-16)9-15(22)20(3)8-12-10-25-13-6-4-5-7-14(13)26-12/h4-7,11-12,16H,8-10H2,1-3H3,(H,19,24)/t12-,16-/m0/s1. The second-order valence-corrected chi connectivity index (χ2v) is 6.87. The second-order valence-electron chi connectivity index (χ2n) is 6.87. The number of likely N-dealkylation sites (N-methyl/N-ethyl adjacent to an activating group) is 1. The Labute approximate surface area is 152 Å². The van der Waals surface area contributed by atoms with E-state index in [4.69, 9.17) is 9.47 Å². The summed E-state index contributed by atoms with van der Waals surface area (Å²) in [6.45, 7) is 4.03. The van der Waals surface area contributed by atoms with E-state index in [0.717, 1.165) is 4.90 Å². The van der Waals surface area contributed by atoms with E-state index in [2.05, 4.69) is 5.32 Å². The average molecular weight is 361 g/mol. The summed E-state index contributed by atoms with van der Waals surface area (Å²) in [6, 6.07) is 6.24. The third-order valence-electron chi connectivity index (χ3n) is 4.49. The van der Waals surface area contributed by atoms with Crippen molar-refractivity contribution in [2.75, 3.05) is 26.7 Å². The normalized spacial score (nSPS) is 21.8. The smallest absolute Gasteiger partial charge is 0.325 e. The molecule has 1 saturated heterocycles. The van der Waals surface area contributed by atoms with Gasteiger partial charge in [0.25, 0.3) is 5.91 Å². The molecule has 26 heavy (non-hydrogen) atoms. The van der Waals surface area contributed by atoms with Crippen molar-refractivity contribution in [2.45, 2.75) is 26.0 Å². The summed E-state index contributed by atoms with van der Waals surface area (Å²) in [4.78, 5) is 39.1. The molecule has 2 aliphatic heterocycles. The SMILES string of the molecule is CC(C)[C@@H]1NC(=O)N(CC(=O)N(C)C[C@H]2COc3ccccc3O2)C1=O. The minimum absolute atomic E-state index is 0.0304. The number of para-hydroxylation sites is 2. The van der Waals surface area contributed by atoms with Crippen LogP contribution in [0.5, 0.6) is 11.5 Å². The molecular weight excluding hydrogens is 338 g/mol. The van der Waals surface area contributed by atoms with Gasteiger partial charge in [-0.1, -0.05) is 26.0 Å². The number of nitrogens with zero attached hydrogens (tertiary/aromatic N) is 2. The van der Waals surface area contributed by atoms with Gasteiger partial charge in [0.15, 0.2) is 17.6 Å². The van der Waals surface area contributed by atoms with Gasteiger partial charge in [-0.3, -0.25) is 14.5 Å². The van der Waals surface area contributed by atoms with E-state index in [-0.39, 0.29) is 30.4 Å². The monoisotopic (exact) mass is 361 g/mol. The molecule has 2 heterocycles. The molecule has 140 valence electrons. The van der Waals surface area contributed by atoms with Crippen LogP contribution in [0.1, 0.15) is 13.8 Å². The van der Waals surface area contributed by atoms with Crippen LogP contribution in [0.25, 0.3) is 0 Å². The van der Waals surface area contributed by atoms with Crippen LogP contribution in [-0.2, 0) is 9.59 Å². The van der Waals surface area contributed by atoms with E-state index < -0.39 is 12.1 Å². The molecule has 0 aliphatic carbocycles. The summed E-state index contributed by atoms with van der Waals surface area (Å²) in [7, 11) is 1.62. The van der Waals surface area contributed by atoms with Gasteiger partial charge in [-0.05, 0) is 18.1 Å². The molecule has 8 nitrogen and oxygen atoms in total. The molecule has 0 aromatic heterocycles. The van der Waals surface area contributed by atoms with Gasteiger partial charge in [-0.15, -0.1) is 0 Å². The minimum Gasteiger partial charge on any atom is -0.486 e. The summed E-state index contributed by atoms with van der Waals surface area (Å²) >= 11 is 0. The molecule has 0 bridgehead atoms. The number of fused-ring (bicyclic) bond motifs is 1. The molecule has 0 spiro atoms. The number of amides is 4. The van der Waals surface area contributed by atoms with Crippen LogP contribution in [0, 0.1) is 5.92 Å². The molecule has 8 heteroatoms. The molecule has 1 fully saturated rings. The number of ether oxygens (including phenoxy) is 2. The van der Waals surface area contributed by atoms with Gasteiger partial charge in [0.05, 0.1) is 6.54 Å². The van der Waals surface area contributed by atoms with Crippen LogP contribution in [0.3, 0.4) is 0 Å². The van der Waals surface area contributed by atoms with Crippen LogP contribution in [0.4, 0.5) is 4.79 Å². The molecule has 3 rings (SSSR count). The first-order valence-corrected chi connectivity index (χ1v) is 8.61. The molecule has 2 aliphatic rings. The molecule has 1 aromatic carbocycles. The molecule has 0 unspecified atom stereocenters. The predicted molar refractivity (Wildman–Crippen MR) is 92.9 cm³/mol. The van der Waals surface area contributed by atoms with Crippen molar-refractivity contribution in [1.82, 2.24) is 15.1 Å². The van der Waals surface area contributed by atoms with Crippen molar-refractivity contribution >= 4 is 17.8 Å². The van der Waals surface area contributed by atoms with Crippen LogP contribution >= 0.6 is 0 Å². The number of benzene rings is 1. The lowest BCUT2D eigenvalue weighted by Crippen LogP contribution is -2.46. The Balaban J connectivity index is 1.56. The van der Waals surface area contributed by atoms with Gasteiger partial charge < -0.3 is 19.7 Å². The first-order valence-electron chi connectivity index (χ1n) is 8.61. The minimum atomic E-state index is -0.577. The molecular formula is C18H23N3O5. The second kappa shape index (κ2) is 7.23. The van der Waals surface area contributed by atoms with Gasteiger partial charge in [-0.25, -0.2) is 4.79 Å². The Morgan fingerprint density at radius 1 is 1.31 bits per heavy atom. The highest BCUT2D eigenvalue weighted by atomic mass is 16.6. The fourth-order valence-corrected chi connectivity index (χ4v) is 2.96. The van der Waals surface area contributed by atoms with Crippen LogP contribution in [-0.4, -0.2) is 66.5 Å². The van der Waals surface area contributed by atoms with Crippen molar-refractivity contribution < 1.29 is 23.9 Å². The maximum absolute atomic E-state index is 12.4. The number of nitrogens with one attached hydrogen (secondary N) is 1. The predicted octanol–water partition coefficient (Wildman–Crippen LogP) is 0.861. The fourth-order valence-electron chi connectivity index (χ4n) is 2.96. The highest BCUT2D eigenvalue weighted by Crippen LogP contribution is 2.30. The lowest BCUT2D eigenvalue weighted by molar-refractivity contribution is -0.137. The third kappa shape index (κ3) is 3.58. The number of imide groups is 1. The molecule has 2 atom stereocenters. The summed E-state index contributed by atoms with van der Waals surface area (Å²) in [5, 5.41) is 2.61. The van der Waals surface area contributed by atoms with Gasteiger partial charge in [0.1, 0.15) is 19.2 Å². The summed E-state index contributed by atoms with van der Waals surface area (Å²) < 4.78 is 11.5. The van der Waals surface area contributed by atoms with Crippen LogP contribution < -0.4 is 14.8 Å². The molecule has 4 amide bonds. The molecule has 0 saturated carbocycles. The van der Waals surface area contributed by atoms with Crippen molar-refractivity contribution in [3.63, 3.8) is 0 Å². The quantitative estimate of drug-likeness (QED) is 0.786. The molecule has 0 radical (unpaired) electrons. The van der Waals surface area contributed by atoms with Gasteiger partial charge in [0, 0.05) is 7.05 Å². The molecule has 1 N–H and O–H groups in total. The summed E-state index contributed by atoms with van der Waals surface area (Å²) in [5.41, 5.74) is 0. The van der Waals surface area contributed by atoms with Gasteiger partial charge in [0.2, 0.25) is 5.91 Å². The highest BCUT2D eigenvalue weighted by Gasteiger charge is 2.40. The van der Waals surface area contributed by atoms with Gasteiger partial charge >= 0.3 is 6.03 Å². The first-order chi connectivity index (χ1) is 12.4. The zero-order chi connectivity index (χ0) is 18.8. The summed E-state index contributed by atoms with van der Waals surface area (Å²) in [6.07, 6.45) is -0.314. The average Bonchev–Trinajstić information content (AvgIpc) is 2.90. The number of urea groups is 1. The van der Waals surface area contributed by atoms with E-state index in [1.54, 1.807) is 7.05 Å². The number of hydrogen-bond donors (Lipinski definition) is 1. The van der Waals surface area contributed by atoms with E-state index in [9.17, 15) is 14.4 Å². The van der Waals surface area contributed by atoms with Crippen molar-refractivity contribution in [2.24, 2.45) is 5.92 Å². The Kier molecular flexibility index (Phi) is 5.01. The van der Waals surface area contributed by atoms with Gasteiger partial charge in [-0.2, -0.15) is 0 Å². The topological polar surface area (TPSA) is 88.2 Å². The third-order valence-corrected chi connectivity index (χ3v) is 4.49. The maximum atomic E-state index is 12.4. The van der Waals surface area contributed by atoms with Crippen molar-refractivity contribution in [1.29, 1.82) is 0 Å². The van der Waals surface area contributed by atoms with E-state index >= 15 is 0 Å². The lowest BCUT2D eigenvalue weighted by Gasteiger charge is -2.30. The zero-order valence-corrected chi connectivity index (χ0v) is 15.1.